The molecule has 198 valence electrons. The molecular formula is C24H22F3N7O4. The maximum atomic E-state index is 13.3. The molecule has 0 radical (unpaired) electrons. The predicted octanol–water partition coefficient (Wildman–Crippen LogP) is 3.23. The first-order valence-corrected chi connectivity index (χ1v) is 11.1. The summed E-state index contributed by atoms with van der Waals surface area (Å²) < 4.78 is 51.3. The van der Waals surface area contributed by atoms with E-state index in [1.165, 1.54) is 38.9 Å². The van der Waals surface area contributed by atoms with E-state index in [1.54, 1.807) is 18.2 Å². The summed E-state index contributed by atoms with van der Waals surface area (Å²) in [4.78, 5) is 25.1. The third kappa shape index (κ3) is 5.98. The van der Waals surface area contributed by atoms with E-state index < -0.39 is 17.8 Å². The van der Waals surface area contributed by atoms with Gasteiger partial charge < -0.3 is 25.2 Å². The molecular weight excluding hydrogens is 507 g/mol. The standard InChI is InChI=1S/C24H22F3N7O4/c1-37-17-8-16(9-18(10-17)38-2)31-23-30-13-19(14-7-15(12-28-11-14)22(36)29-4-6-35)21(32-23)34-5-3-20(33-34)24(25,26)27/h3,5,7-13,35H,4,6H2,1-2H3,(H,29,36)(H,30,31,32). The first-order chi connectivity index (χ1) is 18.2. The van der Waals surface area contributed by atoms with Crippen LogP contribution in [0.4, 0.5) is 24.8 Å². The molecule has 3 N–H and O–H groups in total. The van der Waals surface area contributed by atoms with Gasteiger partial charge in [0.25, 0.3) is 5.91 Å². The number of carbonyl (C=O) groups excluding carboxylic acids is 1. The van der Waals surface area contributed by atoms with Crippen molar-refractivity contribution in [3.05, 3.63) is 66.4 Å². The zero-order valence-electron chi connectivity index (χ0n) is 20.2. The SMILES string of the molecule is COc1cc(Nc2ncc(-c3cncc(C(=O)NCCO)c3)c(-n3ccc(C(F)(F)F)n3)n2)cc(OC)c1. The summed E-state index contributed by atoms with van der Waals surface area (Å²) in [7, 11) is 2.98. The molecule has 0 unspecified atom stereocenters. The number of aromatic nitrogens is 5. The van der Waals surface area contributed by atoms with Crippen LogP contribution in [0.1, 0.15) is 16.1 Å². The molecule has 38 heavy (non-hydrogen) atoms. The topological polar surface area (TPSA) is 136 Å². The zero-order chi connectivity index (χ0) is 27.3. The molecule has 1 aromatic carbocycles. The number of carbonyl (C=O) groups is 1. The Hall–Kier alpha value is -4.72. The maximum absolute atomic E-state index is 13.3. The Morgan fingerprint density at radius 2 is 1.82 bits per heavy atom. The van der Waals surface area contributed by atoms with Crippen LogP contribution in [0, 0.1) is 0 Å². The average Bonchev–Trinajstić information content (AvgIpc) is 3.42. The third-order valence-corrected chi connectivity index (χ3v) is 5.18. The van der Waals surface area contributed by atoms with Crippen LogP contribution in [0.15, 0.2) is 55.1 Å². The van der Waals surface area contributed by atoms with Crippen LogP contribution >= 0.6 is 0 Å². The average molecular weight is 529 g/mol. The summed E-state index contributed by atoms with van der Waals surface area (Å²) in [6.45, 7) is -0.203. The van der Waals surface area contributed by atoms with Crippen molar-refractivity contribution >= 4 is 17.5 Å². The molecule has 0 atom stereocenters. The van der Waals surface area contributed by atoms with Crippen molar-refractivity contribution in [3.63, 3.8) is 0 Å². The zero-order valence-corrected chi connectivity index (χ0v) is 20.2. The second-order valence-electron chi connectivity index (χ2n) is 7.74. The van der Waals surface area contributed by atoms with E-state index in [4.69, 9.17) is 14.6 Å². The van der Waals surface area contributed by atoms with E-state index in [-0.39, 0.29) is 36.0 Å². The Morgan fingerprint density at radius 1 is 1.08 bits per heavy atom. The lowest BCUT2D eigenvalue weighted by Crippen LogP contribution is -2.26. The maximum Gasteiger partial charge on any atom is 0.435 e. The molecule has 14 heteroatoms. The number of hydrogen-bond donors (Lipinski definition) is 3. The smallest absolute Gasteiger partial charge is 0.435 e. The highest BCUT2D eigenvalue weighted by Crippen LogP contribution is 2.31. The Bertz CT molecular complexity index is 1420. The van der Waals surface area contributed by atoms with E-state index >= 15 is 0 Å². The summed E-state index contributed by atoms with van der Waals surface area (Å²) in [5, 5.41) is 18.1. The highest BCUT2D eigenvalue weighted by molar-refractivity contribution is 5.95. The number of anilines is 2. The summed E-state index contributed by atoms with van der Waals surface area (Å²) in [5.74, 6) is 0.552. The van der Waals surface area contributed by atoms with Gasteiger partial charge in [0.1, 0.15) is 11.5 Å². The molecule has 0 saturated carbocycles. The van der Waals surface area contributed by atoms with Gasteiger partial charge in [0.15, 0.2) is 11.5 Å². The van der Waals surface area contributed by atoms with Crippen molar-refractivity contribution in [2.45, 2.75) is 6.18 Å². The quantitative estimate of drug-likeness (QED) is 0.299. The molecule has 11 nitrogen and oxygen atoms in total. The van der Waals surface area contributed by atoms with E-state index in [2.05, 4.69) is 30.7 Å². The molecule has 0 saturated heterocycles. The van der Waals surface area contributed by atoms with Gasteiger partial charge in [-0.05, 0) is 12.1 Å². The number of benzene rings is 1. The molecule has 3 heterocycles. The molecule has 0 fully saturated rings. The minimum atomic E-state index is -4.66. The number of aliphatic hydroxyl groups excluding tert-OH is 1. The largest absolute Gasteiger partial charge is 0.497 e. The van der Waals surface area contributed by atoms with Gasteiger partial charge in [0, 0.05) is 66.3 Å². The molecule has 3 aromatic heterocycles. The minimum absolute atomic E-state index is 0.00239. The first kappa shape index (κ1) is 26.3. The number of amides is 1. The summed E-state index contributed by atoms with van der Waals surface area (Å²) in [5.41, 5.74) is 0.184. The fourth-order valence-electron chi connectivity index (χ4n) is 3.40. The van der Waals surface area contributed by atoms with Gasteiger partial charge in [-0.3, -0.25) is 9.78 Å². The number of halogens is 3. The number of ether oxygens (including phenoxy) is 2. The van der Waals surface area contributed by atoms with Gasteiger partial charge in [0.05, 0.1) is 26.4 Å². The van der Waals surface area contributed by atoms with E-state index in [0.717, 1.165) is 16.9 Å². The Morgan fingerprint density at radius 3 is 2.45 bits per heavy atom. The van der Waals surface area contributed by atoms with Crippen LogP contribution in [0.25, 0.3) is 16.9 Å². The monoisotopic (exact) mass is 529 g/mol. The number of hydrogen-bond acceptors (Lipinski definition) is 9. The lowest BCUT2D eigenvalue weighted by Gasteiger charge is -2.13. The van der Waals surface area contributed by atoms with Crippen molar-refractivity contribution in [2.75, 3.05) is 32.7 Å². The van der Waals surface area contributed by atoms with E-state index in [0.29, 0.717) is 22.7 Å². The summed E-state index contributed by atoms with van der Waals surface area (Å²) >= 11 is 0. The molecule has 0 aliphatic heterocycles. The molecule has 4 rings (SSSR count). The molecule has 1 amide bonds. The van der Waals surface area contributed by atoms with Crippen LogP contribution in [-0.2, 0) is 6.18 Å². The third-order valence-electron chi connectivity index (χ3n) is 5.18. The van der Waals surface area contributed by atoms with Gasteiger partial charge in [-0.2, -0.15) is 23.3 Å². The second kappa shape index (κ2) is 11.1. The van der Waals surface area contributed by atoms with Gasteiger partial charge in [-0.1, -0.05) is 0 Å². The Balaban J connectivity index is 1.78. The van der Waals surface area contributed by atoms with E-state index in [1.807, 2.05) is 0 Å². The number of methoxy groups -OCH3 is 2. The fourth-order valence-corrected chi connectivity index (χ4v) is 3.40. The predicted molar refractivity (Wildman–Crippen MR) is 130 cm³/mol. The first-order valence-electron chi connectivity index (χ1n) is 11.1. The highest BCUT2D eigenvalue weighted by atomic mass is 19.4. The minimum Gasteiger partial charge on any atom is -0.497 e. The van der Waals surface area contributed by atoms with Gasteiger partial charge in [-0.15, -0.1) is 0 Å². The Labute approximate surface area is 214 Å². The van der Waals surface area contributed by atoms with E-state index in [9.17, 15) is 18.0 Å². The number of nitrogens with one attached hydrogen (secondary N) is 2. The van der Waals surface area contributed by atoms with Gasteiger partial charge in [0.2, 0.25) is 5.95 Å². The van der Waals surface area contributed by atoms with Gasteiger partial charge in [-0.25, -0.2) is 9.67 Å². The summed E-state index contributed by atoms with van der Waals surface area (Å²) in [6, 6.07) is 7.29. The number of aliphatic hydroxyl groups is 1. The van der Waals surface area contributed by atoms with Gasteiger partial charge >= 0.3 is 6.18 Å². The number of alkyl halides is 3. The van der Waals surface area contributed by atoms with Crippen LogP contribution in [0.5, 0.6) is 11.5 Å². The number of nitrogens with zero attached hydrogens (tertiary/aromatic N) is 5. The fraction of sp³-hybridized carbons (Fsp3) is 0.208. The molecule has 0 aliphatic rings. The molecule has 0 aliphatic carbocycles. The van der Waals surface area contributed by atoms with Crippen LogP contribution in [-0.4, -0.2) is 63.1 Å². The second-order valence-corrected chi connectivity index (χ2v) is 7.74. The van der Waals surface area contributed by atoms with Crippen molar-refractivity contribution in [1.29, 1.82) is 0 Å². The van der Waals surface area contributed by atoms with Crippen molar-refractivity contribution < 1.29 is 32.5 Å². The van der Waals surface area contributed by atoms with Crippen molar-refractivity contribution in [2.24, 2.45) is 0 Å². The highest BCUT2D eigenvalue weighted by Gasteiger charge is 2.34. The van der Waals surface area contributed by atoms with Crippen molar-refractivity contribution in [1.82, 2.24) is 30.0 Å². The lowest BCUT2D eigenvalue weighted by atomic mass is 10.1. The lowest BCUT2D eigenvalue weighted by molar-refractivity contribution is -0.141. The molecule has 4 aromatic rings. The molecule has 0 spiro atoms. The number of rotatable bonds is 9. The van der Waals surface area contributed by atoms with Crippen LogP contribution < -0.4 is 20.1 Å². The Kier molecular flexibility index (Phi) is 7.71. The van der Waals surface area contributed by atoms with Crippen LogP contribution in [0.2, 0.25) is 0 Å². The van der Waals surface area contributed by atoms with Crippen LogP contribution in [0.3, 0.4) is 0 Å². The molecule has 0 bridgehead atoms. The summed E-state index contributed by atoms with van der Waals surface area (Å²) in [6.07, 6.45) is 0.572. The van der Waals surface area contributed by atoms with Crippen molar-refractivity contribution in [3.8, 4) is 28.4 Å². The number of pyridine rings is 1. The normalized spacial score (nSPS) is 11.2.